The Kier molecular flexibility index (Phi) is 5.28. The van der Waals surface area contributed by atoms with Crippen molar-refractivity contribution < 1.29 is 9.90 Å². The molecule has 0 saturated heterocycles. The Bertz CT molecular complexity index is 336. The molecule has 1 heterocycles. The van der Waals surface area contributed by atoms with Crippen LogP contribution in [0.3, 0.4) is 0 Å². The maximum absolute atomic E-state index is 10.1. The average Bonchev–Trinajstić information content (AvgIpc) is 2.20. The second kappa shape index (κ2) is 6.53. The molecular weight excluding hydrogens is 236 g/mol. The van der Waals surface area contributed by atoms with Crippen LogP contribution in [0.15, 0.2) is 18.3 Å². The van der Waals surface area contributed by atoms with Crippen molar-refractivity contribution in [1.29, 1.82) is 0 Å². The molecular formula is C9H11ClN2O2S. The van der Waals surface area contributed by atoms with Gasteiger partial charge in [0, 0.05) is 24.2 Å². The van der Waals surface area contributed by atoms with Gasteiger partial charge in [0.15, 0.2) is 0 Å². The van der Waals surface area contributed by atoms with Crippen molar-refractivity contribution in [2.24, 2.45) is 0 Å². The highest BCUT2D eigenvalue weighted by molar-refractivity contribution is 7.98. The van der Waals surface area contributed by atoms with Crippen LogP contribution in [0.25, 0.3) is 0 Å². The van der Waals surface area contributed by atoms with Gasteiger partial charge in [0.1, 0.15) is 0 Å². The van der Waals surface area contributed by atoms with E-state index in [0.29, 0.717) is 23.1 Å². The number of halogens is 1. The fourth-order valence-electron chi connectivity index (χ4n) is 0.924. The van der Waals surface area contributed by atoms with E-state index in [4.69, 9.17) is 16.7 Å². The number of hydrogen-bond donors (Lipinski definition) is 2. The van der Waals surface area contributed by atoms with Gasteiger partial charge in [0.2, 0.25) is 0 Å². The molecule has 82 valence electrons. The van der Waals surface area contributed by atoms with Gasteiger partial charge in [0.25, 0.3) is 0 Å². The Morgan fingerprint density at radius 1 is 1.67 bits per heavy atom. The SMILES string of the molecule is O=C(O)NCCSCc1ncccc1Cl. The van der Waals surface area contributed by atoms with Crippen LogP contribution >= 0.6 is 23.4 Å². The van der Waals surface area contributed by atoms with E-state index in [1.54, 1.807) is 30.1 Å². The Balaban J connectivity index is 2.21. The van der Waals surface area contributed by atoms with E-state index in [1.165, 1.54) is 0 Å². The van der Waals surface area contributed by atoms with Gasteiger partial charge in [-0.2, -0.15) is 11.8 Å². The number of hydrogen-bond acceptors (Lipinski definition) is 3. The smallest absolute Gasteiger partial charge is 0.404 e. The summed E-state index contributed by atoms with van der Waals surface area (Å²) in [6.45, 7) is 0.435. The standard InChI is InChI=1S/C9H11ClN2O2S/c10-7-2-1-3-11-8(7)6-15-5-4-12-9(13)14/h1-3,12H,4-6H2,(H,13,14). The molecule has 1 aromatic heterocycles. The number of aromatic nitrogens is 1. The van der Waals surface area contributed by atoms with Crippen LogP contribution < -0.4 is 5.32 Å². The number of rotatable bonds is 5. The summed E-state index contributed by atoms with van der Waals surface area (Å²) in [5.41, 5.74) is 0.833. The molecule has 0 bridgehead atoms. The van der Waals surface area contributed by atoms with Gasteiger partial charge in [-0.1, -0.05) is 11.6 Å². The number of carbonyl (C=O) groups is 1. The molecule has 0 fully saturated rings. The third kappa shape index (κ3) is 4.90. The van der Waals surface area contributed by atoms with Crippen LogP contribution in [0, 0.1) is 0 Å². The monoisotopic (exact) mass is 246 g/mol. The lowest BCUT2D eigenvalue weighted by Gasteiger charge is -2.03. The first-order chi connectivity index (χ1) is 7.20. The fourth-order valence-corrected chi connectivity index (χ4v) is 2.01. The van der Waals surface area contributed by atoms with E-state index in [-0.39, 0.29) is 0 Å². The first-order valence-corrected chi connectivity index (χ1v) is 5.87. The highest BCUT2D eigenvalue weighted by Crippen LogP contribution is 2.17. The highest BCUT2D eigenvalue weighted by atomic mass is 35.5. The lowest BCUT2D eigenvalue weighted by Crippen LogP contribution is -2.23. The van der Waals surface area contributed by atoms with Crippen molar-refractivity contribution in [3.05, 3.63) is 29.0 Å². The van der Waals surface area contributed by atoms with Crippen LogP contribution in [0.5, 0.6) is 0 Å². The molecule has 6 heteroatoms. The topological polar surface area (TPSA) is 62.2 Å². The van der Waals surface area contributed by atoms with Gasteiger partial charge in [-0.05, 0) is 12.1 Å². The van der Waals surface area contributed by atoms with Crippen molar-refractivity contribution in [1.82, 2.24) is 10.3 Å². The quantitative estimate of drug-likeness (QED) is 0.783. The molecule has 2 N–H and O–H groups in total. The van der Waals surface area contributed by atoms with Crippen LogP contribution in [0.4, 0.5) is 4.79 Å². The number of pyridine rings is 1. The Labute approximate surface area is 97.0 Å². The van der Waals surface area contributed by atoms with Crippen molar-refractivity contribution in [3.8, 4) is 0 Å². The molecule has 1 aromatic rings. The minimum atomic E-state index is -0.994. The van der Waals surface area contributed by atoms with Gasteiger partial charge in [-0.15, -0.1) is 0 Å². The Hall–Kier alpha value is -0.940. The van der Waals surface area contributed by atoms with Crippen molar-refractivity contribution in [3.63, 3.8) is 0 Å². The molecule has 1 rings (SSSR count). The number of thioether (sulfide) groups is 1. The minimum absolute atomic E-state index is 0.435. The summed E-state index contributed by atoms with van der Waals surface area (Å²) < 4.78 is 0. The molecule has 15 heavy (non-hydrogen) atoms. The van der Waals surface area contributed by atoms with E-state index >= 15 is 0 Å². The summed E-state index contributed by atoms with van der Waals surface area (Å²) in [6, 6.07) is 3.57. The number of carboxylic acid groups (broad SMARTS) is 1. The van der Waals surface area contributed by atoms with Gasteiger partial charge in [-0.3, -0.25) is 4.98 Å². The molecule has 0 aliphatic heterocycles. The van der Waals surface area contributed by atoms with Crippen LogP contribution in [0.1, 0.15) is 5.69 Å². The van der Waals surface area contributed by atoms with Gasteiger partial charge in [-0.25, -0.2) is 4.79 Å². The van der Waals surface area contributed by atoms with Gasteiger partial charge < -0.3 is 10.4 Å². The number of nitrogens with one attached hydrogen (secondary N) is 1. The van der Waals surface area contributed by atoms with Gasteiger partial charge >= 0.3 is 6.09 Å². The van der Waals surface area contributed by atoms with Crippen LogP contribution in [-0.4, -0.2) is 28.5 Å². The second-order valence-electron chi connectivity index (χ2n) is 2.72. The average molecular weight is 247 g/mol. The molecule has 0 atom stereocenters. The molecule has 0 saturated carbocycles. The summed E-state index contributed by atoms with van der Waals surface area (Å²) in [6.07, 6.45) is 0.698. The molecule has 0 unspecified atom stereocenters. The number of nitrogens with zero attached hydrogens (tertiary/aromatic N) is 1. The predicted molar refractivity (Wildman–Crippen MR) is 61.4 cm³/mol. The van der Waals surface area contributed by atoms with Crippen molar-refractivity contribution in [2.75, 3.05) is 12.3 Å². The highest BCUT2D eigenvalue weighted by Gasteiger charge is 2.00. The minimum Gasteiger partial charge on any atom is -0.465 e. The molecule has 1 amide bonds. The third-order valence-corrected chi connectivity index (χ3v) is 2.91. The summed E-state index contributed by atoms with van der Waals surface area (Å²) in [5.74, 6) is 1.40. The van der Waals surface area contributed by atoms with E-state index in [2.05, 4.69) is 10.3 Å². The first kappa shape index (κ1) is 12.1. The summed E-state index contributed by atoms with van der Waals surface area (Å²) >= 11 is 7.49. The maximum atomic E-state index is 10.1. The zero-order valence-corrected chi connectivity index (χ0v) is 9.51. The fraction of sp³-hybridized carbons (Fsp3) is 0.333. The van der Waals surface area contributed by atoms with Crippen molar-refractivity contribution >= 4 is 29.5 Å². The van der Waals surface area contributed by atoms with E-state index in [0.717, 1.165) is 5.69 Å². The lowest BCUT2D eigenvalue weighted by atomic mass is 10.4. The van der Waals surface area contributed by atoms with E-state index in [1.807, 2.05) is 0 Å². The molecule has 0 spiro atoms. The maximum Gasteiger partial charge on any atom is 0.404 e. The molecule has 4 nitrogen and oxygen atoms in total. The molecule has 0 aliphatic rings. The third-order valence-electron chi connectivity index (χ3n) is 1.60. The second-order valence-corrected chi connectivity index (χ2v) is 4.23. The zero-order valence-electron chi connectivity index (χ0n) is 7.94. The first-order valence-electron chi connectivity index (χ1n) is 4.34. The van der Waals surface area contributed by atoms with Crippen molar-refractivity contribution in [2.45, 2.75) is 5.75 Å². The predicted octanol–water partition coefficient (Wildman–Crippen LogP) is 2.24. The summed E-state index contributed by atoms with van der Waals surface area (Å²) in [7, 11) is 0. The summed E-state index contributed by atoms with van der Waals surface area (Å²) in [5, 5.41) is 11.3. The van der Waals surface area contributed by atoms with Crippen LogP contribution in [0.2, 0.25) is 5.02 Å². The van der Waals surface area contributed by atoms with Crippen LogP contribution in [-0.2, 0) is 5.75 Å². The van der Waals surface area contributed by atoms with Gasteiger partial charge in [0.05, 0.1) is 10.7 Å². The molecule has 0 radical (unpaired) electrons. The normalized spacial score (nSPS) is 9.93. The Morgan fingerprint density at radius 3 is 3.13 bits per heavy atom. The Morgan fingerprint density at radius 2 is 2.47 bits per heavy atom. The van der Waals surface area contributed by atoms with E-state index < -0.39 is 6.09 Å². The molecule has 0 aromatic carbocycles. The lowest BCUT2D eigenvalue weighted by molar-refractivity contribution is 0.195. The van der Waals surface area contributed by atoms with E-state index in [9.17, 15) is 4.79 Å². The molecule has 0 aliphatic carbocycles. The summed E-state index contributed by atoms with van der Waals surface area (Å²) in [4.78, 5) is 14.3. The zero-order chi connectivity index (χ0) is 11.1. The largest absolute Gasteiger partial charge is 0.465 e. The number of amides is 1.